The fourth-order valence-corrected chi connectivity index (χ4v) is 1.64. The predicted octanol–water partition coefficient (Wildman–Crippen LogP) is 3.21. The van der Waals surface area contributed by atoms with Gasteiger partial charge in [0.05, 0.1) is 23.7 Å². The molecule has 0 saturated carbocycles. The van der Waals surface area contributed by atoms with Crippen LogP contribution in [0.25, 0.3) is 0 Å². The molecule has 0 aliphatic carbocycles. The Balaban J connectivity index is 2.43. The van der Waals surface area contributed by atoms with Gasteiger partial charge in [-0.15, -0.1) is 0 Å². The van der Waals surface area contributed by atoms with Crippen LogP contribution in [0.4, 0.5) is 5.69 Å². The highest BCUT2D eigenvalue weighted by Crippen LogP contribution is 2.35. The Morgan fingerprint density at radius 3 is 2.55 bits per heavy atom. The molecule has 2 rings (SSSR count). The first-order valence-electron chi connectivity index (χ1n) is 5.70. The van der Waals surface area contributed by atoms with Crippen LogP contribution >= 0.6 is 0 Å². The Labute approximate surface area is 114 Å². The molecule has 2 aromatic rings. The molecule has 0 bridgehead atoms. The van der Waals surface area contributed by atoms with Crippen molar-refractivity contribution < 1.29 is 19.2 Å². The summed E-state index contributed by atoms with van der Waals surface area (Å²) in [5.41, 5.74) is 0.0858. The van der Waals surface area contributed by atoms with Crippen molar-refractivity contribution in [3.63, 3.8) is 0 Å². The van der Waals surface area contributed by atoms with Crippen molar-refractivity contribution in [3.8, 4) is 17.2 Å². The second-order valence-electron chi connectivity index (χ2n) is 3.85. The molecule has 0 amide bonds. The van der Waals surface area contributed by atoms with Gasteiger partial charge in [-0.2, -0.15) is 0 Å². The zero-order chi connectivity index (χ0) is 14.5. The molecule has 0 fully saturated rings. The van der Waals surface area contributed by atoms with E-state index in [1.807, 2.05) is 0 Å². The van der Waals surface area contributed by atoms with Gasteiger partial charge in [0.15, 0.2) is 6.29 Å². The molecule has 0 spiro atoms. The van der Waals surface area contributed by atoms with Crippen LogP contribution in [-0.2, 0) is 0 Å². The summed E-state index contributed by atoms with van der Waals surface area (Å²) >= 11 is 0. The van der Waals surface area contributed by atoms with Crippen molar-refractivity contribution in [3.05, 3.63) is 58.1 Å². The molecule has 0 aromatic heterocycles. The van der Waals surface area contributed by atoms with Crippen LogP contribution in [0, 0.1) is 10.1 Å². The molecule has 0 N–H and O–H groups in total. The van der Waals surface area contributed by atoms with E-state index in [1.54, 1.807) is 30.3 Å². The third kappa shape index (κ3) is 2.74. The minimum absolute atomic E-state index is 0.0464. The maximum absolute atomic E-state index is 11.0. The molecular weight excluding hydrogens is 262 g/mol. The Kier molecular flexibility index (Phi) is 3.95. The third-order valence-corrected chi connectivity index (χ3v) is 2.63. The van der Waals surface area contributed by atoms with Gasteiger partial charge in [0.2, 0.25) is 5.75 Å². The highest BCUT2D eigenvalue weighted by atomic mass is 16.6. The molecule has 102 valence electrons. The summed E-state index contributed by atoms with van der Waals surface area (Å²) in [7, 11) is 1.42. The third-order valence-electron chi connectivity index (χ3n) is 2.63. The number of hydrogen-bond donors (Lipinski definition) is 0. The van der Waals surface area contributed by atoms with Crippen LogP contribution in [0.1, 0.15) is 10.4 Å². The smallest absolute Gasteiger partial charge is 0.315 e. The zero-order valence-corrected chi connectivity index (χ0v) is 10.6. The van der Waals surface area contributed by atoms with Crippen LogP contribution in [0.3, 0.4) is 0 Å². The van der Waals surface area contributed by atoms with E-state index in [4.69, 9.17) is 9.47 Å². The molecule has 0 heterocycles. The SMILES string of the molecule is COc1ccc(Oc2ccccc2C=O)c([N+](=O)[O-])c1. The van der Waals surface area contributed by atoms with E-state index < -0.39 is 4.92 Å². The summed E-state index contributed by atoms with van der Waals surface area (Å²) in [6.45, 7) is 0. The van der Waals surface area contributed by atoms with Gasteiger partial charge in [-0.1, -0.05) is 12.1 Å². The van der Waals surface area contributed by atoms with Crippen molar-refractivity contribution in [2.75, 3.05) is 7.11 Å². The van der Waals surface area contributed by atoms with Crippen molar-refractivity contribution in [2.45, 2.75) is 0 Å². The number of carbonyl (C=O) groups is 1. The number of benzene rings is 2. The van der Waals surface area contributed by atoms with E-state index >= 15 is 0 Å². The number of nitro benzene ring substituents is 1. The summed E-state index contributed by atoms with van der Waals surface area (Å²) in [4.78, 5) is 21.4. The molecule has 0 radical (unpaired) electrons. The average molecular weight is 273 g/mol. The Hall–Kier alpha value is -2.89. The highest BCUT2D eigenvalue weighted by Gasteiger charge is 2.18. The minimum atomic E-state index is -0.568. The summed E-state index contributed by atoms with van der Waals surface area (Å²) < 4.78 is 10.4. The number of hydrogen-bond acceptors (Lipinski definition) is 5. The molecule has 0 saturated heterocycles. The number of methoxy groups -OCH3 is 1. The molecule has 0 aliphatic heterocycles. The number of carbonyl (C=O) groups excluding carboxylic acids is 1. The number of ether oxygens (including phenoxy) is 2. The Morgan fingerprint density at radius 1 is 1.15 bits per heavy atom. The topological polar surface area (TPSA) is 78.7 Å². The van der Waals surface area contributed by atoms with Crippen LogP contribution in [0.15, 0.2) is 42.5 Å². The second kappa shape index (κ2) is 5.83. The summed E-state index contributed by atoms with van der Waals surface area (Å²) in [5, 5.41) is 11.0. The van der Waals surface area contributed by atoms with E-state index in [0.29, 0.717) is 17.6 Å². The first kappa shape index (κ1) is 13.5. The largest absolute Gasteiger partial charge is 0.496 e. The maximum atomic E-state index is 11.0. The number of nitro groups is 1. The fourth-order valence-electron chi connectivity index (χ4n) is 1.64. The first-order chi connectivity index (χ1) is 9.65. The van der Waals surface area contributed by atoms with Crippen LogP contribution in [0.2, 0.25) is 0 Å². The quantitative estimate of drug-likeness (QED) is 0.475. The fraction of sp³-hybridized carbons (Fsp3) is 0.0714. The van der Waals surface area contributed by atoms with Crippen LogP contribution in [-0.4, -0.2) is 18.3 Å². The normalized spacial score (nSPS) is 9.85. The van der Waals surface area contributed by atoms with Gasteiger partial charge in [-0.05, 0) is 24.3 Å². The molecule has 2 aromatic carbocycles. The molecule has 6 heteroatoms. The number of para-hydroxylation sites is 1. The lowest BCUT2D eigenvalue weighted by atomic mass is 10.2. The predicted molar refractivity (Wildman–Crippen MR) is 71.6 cm³/mol. The van der Waals surface area contributed by atoms with E-state index in [-0.39, 0.29) is 17.2 Å². The zero-order valence-electron chi connectivity index (χ0n) is 10.6. The van der Waals surface area contributed by atoms with E-state index in [2.05, 4.69) is 0 Å². The lowest BCUT2D eigenvalue weighted by Gasteiger charge is -2.09. The summed E-state index contributed by atoms with van der Waals surface area (Å²) in [6, 6.07) is 10.7. The molecule has 0 unspecified atom stereocenters. The van der Waals surface area contributed by atoms with Gasteiger partial charge in [-0.25, -0.2) is 0 Å². The molecule has 20 heavy (non-hydrogen) atoms. The van der Waals surface area contributed by atoms with Crippen molar-refractivity contribution in [2.24, 2.45) is 0 Å². The standard InChI is InChI=1S/C14H11NO5/c1-19-11-6-7-14(12(8-11)15(17)18)20-13-5-3-2-4-10(13)9-16/h2-9H,1H3. The number of aldehydes is 1. The van der Waals surface area contributed by atoms with Gasteiger partial charge in [0, 0.05) is 0 Å². The van der Waals surface area contributed by atoms with Gasteiger partial charge >= 0.3 is 5.69 Å². The van der Waals surface area contributed by atoms with Gasteiger partial charge in [0.1, 0.15) is 11.5 Å². The first-order valence-corrected chi connectivity index (χ1v) is 5.70. The van der Waals surface area contributed by atoms with Crippen LogP contribution in [0.5, 0.6) is 17.2 Å². The van der Waals surface area contributed by atoms with Gasteiger partial charge in [-0.3, -0.25) is 14.9 Å². The molecule has 0 atom stereocenters. The van der Waals surface area contributed by atoms with Crippen molar-refractivity contribution >= 4 is 12.0 Å². The monoisotopic (exact) mass is 273 g/mol. The van der Waals surface area contributed by atoms with Crippen LogP contribution < -0.4 is 9.47 Å². The van der Waals surface area contributed by atoms with E-state index in [9.17, 15) is 14.9 Å². The molecular formula is C14H11NO5. The lowest BCUT2D eigenvalue weighted by molar-refractivity contribution is -0.385. The lowest BCUT2D eigenvalue weighted by Crippen LogP contribution is -1.96. The summed E-state index contributed by atoms with van der Waals surface area (Å²) in [6.07, 6.45) is 0.630. The second-order valence-corrected chi connectivity index (χ2v) is 3.85. The van der Waals surface area contributed by atoms with Crippen molar-refractivity contribution in [1.29, 1.82) is 0 Å². The van der Waals surface area contributed by atoms with Crippen molar-refractivity contribution in [1.82, 2.24) is 0 Å². The number of rotatable bonds is 5. The Morgan fingerprint density at radius 2 is 1.90 bits per heavy atom. The Bertz CT molecular complexity index is 654. The minimum Gasteiger partial charge on any atom is -0.496 e. The molecule has 0 aliphatic rings. The van der Waals surface area contributed by atoms with Gasteiger partial charge < -0.3 is 9.47 Å². The number of nitrogens with zero attached hydrogens (tertiary/aromatic N) is 1. The maximum Gasteiger partial charge on any atom is 0.315 e. The average Bonchev–Trinajstić information content (AvgIpc) is 2.48. The van der Waals surface area contributed by atoms with Gasteiger partial charge in [0.25, 0.3) is 0 Å². The molecule has 6 nitrogen and oxygen atoms in total. The van der Waals surface area contributed by atoms with E-state index in [1.165, 1.54) is 19.2 Å². The summed E-state index contributed by atoms with van der Waals surface area (Å²) in [5.74, 6) is 0.661. The highest BCUT2D eigenvalue weighted by molar-refractivity contribution is 5.79. The van der Waals surface area contributed by atoms with E-state index in [0.717, 1.165) is 0 Å².